The first-order valence-corrected chi connectivity index (χ1v) is 8.84. The SMILES string of the molecule is CCCC(C)NCC(C)N(CCC(C)C)CCC(C)C. The van der Waals surface area contributed by atoms with E-state index in [1.54, 1.807) is 0 Å². The molecule has 0 saturated heterocycles. The second-order valence-corrected chi connectivity index (χ2v) is 7.35. The van der Waals surface area contributed by atoms with E-state index in [1.165, 1.54) is 38.8 Å². The normalized spacial score (nSPS) is 15.3. The molecular weight excluding hydrogens is 244 g/mol. The molecule has 0 heterocycles. The second kappa shape index (κ2) is 11.6. The molecule has 20 heavy (non-hydrogen) atoms. The third-order valence-electron chi connectivity index (χ3n) is 4.09. The largest absolute Gasteiger partial charge is 0.313 e. The maximum absolute atomic E-state index is 3.70. The first-order chi connectivity index (χ1) is 9.36. The Labute approximate surface area is 128 Å². The van der Waals surface area contributed by atoms with Gasteiger partial charge in [-0.05, 0) is 58.0 Å². The molecule has 0 aromatic carbocycles. The van der Waals surface area contributed by atoms with Gasteiger partial charge in [0.05, 0.1) is 0 Å². The Morgan fingerprint density at radius 1 is 0.800 bits per heavy atom. The average molecular weight is 285 g/mol. The van der Waals surface area contributed by atoms with Gasteiger partial charge in [-0.1, -0.05) is 41.0 Å². The minimum Gasteiger partial charge on any atom is -0.313 e. The van der Waals surface area contributed by atoms with Crippen molar-refractivity contribution >= 4 is 0 Å². The lowest BCUT2D eigenvalue weighted by molar-refractivity contribution is 0.181. The van der Waals surface area contributed by atoms with Gasteiger partial charge in [0.15, 0.2) is 0 Å². The third-order valence-corrected chi connectivity index (χ3v) is 4.09. The Hall–Kier alpha value is -0.0800. The van der Waals surface area contributed by atoms with Gasteiger partial charge in [0.1, 0.15) is 0 Å². The maximum Gasteiger partial charge on any atom is 0.0192 e. The summed E-state index contributed by atoms with van der Waals surface area (Å²) < 4.78 is 0. The predicted molar refractivity (Wildman–Crippen MR) is 92.3 cm³/mol. The van der Waals surface area contributed by atoms with Gasteiger partial charge >= 0.3 is 0 Å². The summed E-state index contributed by atoms with van der Waals surface area (Å²) in [5.74, 6) is 1.60. The van der Waals surface area contributed by atoms with Gasteiger partial charge in [-0.2, -0.15) is 0 Å². The number of nitrogens with zero attached hydrogens (tertiary/aromatic N) is 1. The van der Waals surface area contributed by atoms with Crippen LogP contribution < -0.4 is 5.32 Å². The van der Waals surface area contributed by atoms with Crippen molar-refractivity contribution < 1.29 is 0 Å². The lowest BCUT2D eigenvalue weighted by atomic mass is 10.1. The Bertz CT molecular complexity index is 201. The quantitative estimate of drug-likeness (QED) is 0.566. The molecule has 0 amide bonds. The zero-order valence-corrected chi connectivity index (χ0v) is 15.2. The molecular formula is C18H40N2. The summed E-state index contributed by atoms with van der Waals surface area (Å²) in [7, 11) is 0. The summed E-state index contributed by atoms with van der Waals surface area (Å²) in [6.07, 6.45) is 5.18. The Balaban J connectivity index is 4.19. The van der Waals surface area contributed by atoms with E-state index in [0.29, 0.717) is 12.1 Å². The van der Waals surface area contributed by atoms with Crippen molar-refractivity contribution in [3.05, 3.63) is 0 Å². The molecule has 122 valence electrons. The molecule has 0 aromatic rings. The van der Waals surface area contributed by atoms with Crippen LogP contribution in [0.1, 0.15) is 74.1 Å². The monoisotopic (exact) mass is 284 g/mol. The lowest BCUT2D eigenvalue weighted by Crippen LogP contribution is -2.44. The first-order valence-electron chi connectivity index (χ1n) is 8.84. The number of hydrogen-bond donors (Lipinski definition) is 1. The van der Waals surface area contributed by atoms with Gasteiger partial charge in [-0.15, -0.1) is 0 Å². The molecule has 0 aliphatic carbocycles. The van der Waals surface area contributed by atoms with Crippen molar-refractivity contribution in [2.24, 2.45) is 11.8 Å². The van der Waals surface area contributed by atoms with Gasteiger partial charge in [0.2, 0.25) is 0 Å². The van der Waals surface area contributed by atoms with Crippen LogP contribution in [0.25, 0.3) is 0 Å². The van der Waals surface area contributed by atoms with E-state index in [4.69, 9.17) is 0 Å². The van der Waals surface area contributed by atoms with E-state index in [9.17, 15) is 0 Å². The average Bonchev–Trinajstić information content (AvgIpc) is 2.35. The fraction of sp³-hybridized carbons (Fsp3) is 1.00. The molecule has 0 spiro atoms. The van der Waals surface area contributed by atoms with Crippen molar-refractivity contribution in [1.82, 2.24) is 10.2 Å². The Kier molecular flexibility index (Phi) is 11.5. The van der Waals surface area contributed by atoms with Gasteiger partial charge < -0.3 is 5.32 Å². The highest BCUT2D eigenvalue weighted by Gasteiger charge is 2.15. The van der Waals surface area contributed by atoms with Crippen LogP contribution in [0.3, 0.4) is 0 Å². The molecule has 0 rings (SSSR count). The first kappa shape index (κ1) is 19.9. The van der Waals surface area contributed by atoms with Crippen LogP contribution in [0.2, 0.25) is 0 Å². The van der Waals surface area contributed by atoms with E-state index < -0.39 is 0 Å². The molecule has 0 aliphatic rings. The summed E-state index contributed by atoms with van der Waals surface area (Å²) in [6, 6.07) is 1.30. The smallest absolute Gasteiger partial charge is 0.0192 e. The molecule has 2 nitrogen and oxygen atoms in total. The highest BCUT2D eigenvalue weighted by atomic mass is 15.2. The van der Waals surface area contributed by atoms with Crippen molar-refractivity contribution in [3.63, 3.8) is 0 Å². The topological polar surface area (TPSA) is 15.3 Å². The molecule has 0 aliphatic heterocycles. The molecule has 0 radical (unpaired) electrons. The van der Waals surface area contributed by atoms with E-state index in [1.807, 2.05) is 0 Å². The van der Waals surface area contributed by atoms with Crippen molar-refractivity contribution in [2.45, 2.75) is 86.2 Å². The molecule has 0 saturated carbocycles. The summed E-state index contributed by atoms with van der Waals surface area (Å²) in [4.78, 5) is 2.69. The molecule has 0 aromatic heterocycles. The van der Waals surface area contributed by atoms with Crippen molar-refractivity contribution in [1.29, 1.82) is 0 Å². The Morgan fingerprint density at radius 2 is 1.30 bits per heavy atom. The van der Waals surface area contributed by atoms with Crippen LogP contribution in [-0.2, 0) is 0 Å². The Morgan fingerprint density at radius 3 is 1.70 bits per heavy atom. The van der Waals surface area contributed by atoms with E-state index in [-0.39, 0.29) is 0 Å². The molecule has 2 heteroatoms. The minimum absolute atomic E-state index is 0.645. The zero-order valence-electron chi connectivity index (χ0n) is 15.2. The highest BCUT2D eigenvalue weighted by molar-refractivity contribution is 4.73. The molecule has 2 atom stereocenters. The summed E-state index contributed by atoms with van der Waals surface area (Å²) >= 11 is 0. The standard InChI is InChI=1S/C18H40N2/c1-8-9-17(6)19-14-18(7)20(12-10-15(2)3)13-11-16(4)5/h15-19H,8-14H2,1-7H3. The highest BCUT2D eigenvalue weighted by Crippen LogP contribution is 2.10. The summed E-state index contributed by atoms with van der Waals surface area (Å²) in [5, 5.41) is 3.70. The third kappa shape index (κ3) is 10.7. The summed E-state index contributed by atoms with van der Waals surface area (Å²) in [6.45, 7) is 19.9. The predicted octanol–water partition coefficient (Wildman–Crippen LogP) is 4.55. The number of rotatable bonds is 12. The fourth-order valence-electron chi connectivity index (χ4n) is 2.44. The summed E-state index contributed by atoms with van der Waals surface area (Å²) in [5.41, 5.74) is 0. The zero-order chi connectivity index (χ0) is 15.5. The van der Waals surface area contributed by atoms with Crippen LogP contribution in [0.4, 0.5) is 0 Å². The van der Waals surface area contributed by atoms with Gasteiger partial charge in [-0.25, -0.2) is 0 Å². The maximum atomic E-state index is 3.70. The van der Waals surface area contributed by atoms with Gasteiger partial charge in [0.25, 0.3) is 0 Å². The number of hydrogen-bond acceptors (Lipinski definition) is 2. The van der Waals surface area contributed by atoms with Crippen LogP contribution in [0, 0.1) is 11.8 Å². The molecule has 1 N–H and O–H groups in total. The van der Waals surface area contributed by atoms with Gasteiger partial charge in [0, 0.05) is 18.6 Å². The fourth-order valence-corrected chi connectivity index (χ4v) is 2.44. The number of nitrogens with one attached hydrogen (secondary N) is 1. The molecule has 2 unspecified atom stereocenters. The van der Waals surface area contributed by atoms with E-state index >= 15 is 0 Å². The lowest BCUT2D eigenvalue weighted by Gasteiger charge is -2.31. The van der Waals surface area contributed by atoms with Crippen molar-refractivity contribution in [3.8, 4) is 0 Å². The van der Waals surface area contributed by atoms with Crippen LogP contribution in [0.15, 0.2) is 0 Å². The molecule has 0 bridgehead atoms. The van der Waals surface area contributed by atoms with Crippen LogP contribution in [-0.4, -0.2) is 36.6 Å². The van der Waals surface area contributed by atoms with E-state index in [2.05, 4.69) is 58.7 Å². The van der Waals surface area contributed by atoms with Gasteiger partial charge in [-0.3, -0.25) is 4.90 Å². The second-order valence-electron chi connectivity index (χ2n) is 7.35. The van der Waals surface area contributed by atoms with Crippen LogP contribution >= 0.6 is 0 Å². The van der Waals surface area contributed by atoms with E-state index in [0.717, 1.165) is 18.4 Å². The van der Waals surface area contributed by atoms with Crippen LogP contribution in [0.5, 0.6) is 0 Å². The molecule has 0 fully saturated rings. The minimum atomic E-state index is 0.645. The van der Waals surface area contributed by atoms with Crippen molar-refractivity contribution in [2.75, 3.05) is 19.6 Å².